The number of hydrogen-bond donors (Lipinski definition) is 1. The van der Waals surface area contributed by atoms with Gasteiger partial charge < -0.3 is 9.88 Å². The number of nitrogens with zero attached hydrogens (tertiary/aromatic N) is 2. The number of aryl methyl sites for hydroxylation is 1. The van der Waals surface area contributed by atoms with Crippen molar-refractivity contribution in [3.63, 3.8) is 0 Å². The van der Waals surface area contributed by atoms with Crippen LogP contribution in [0.2, 0.25) is 0 Å². The van der Waals surface area contributed by atoms with E-state index in [2.05, 4.69) is 32.2 Å². The summed E-state index contributed by atoms with van der Waals surface area (Å²) >= 11 is 0. The third kappa shape index (κ3) is 3.73. The summed E-state index contributed by atoms with van der Waals surface area (Å²) < 4.78 is 2.00. The topological polar surface area (TPSA) is 54.3 Å². The van der Waals surface area contributed by atoms with Gasteiger partial charge in [-0.05, 0) is 55.5 Å². The third-order valence-electron chi connectivity index (χ3n) is 6.27. The van der Waals surface area contributed by atoms with Crippen LogP contribution in [0.15, 0.2) is 54.6 Å². The molecule has 2 aromatic carbocycles. The maximum atomic E-state index is 13.8. The van der Waals surface area contributed by atoms with E-state index in [0.29, 0.717) is 24.7 Å². The van der Waals surface area contributed by atoms with Crippen molar-refractivity contribution in [2.24, 2.45) is 5.92 Å². The number of carbonyl (C=O) groups is 2. The molecule has 1 unspecified atom stereocenters. The maximum absolute atomic E-state index is 13.8. The Morgan fingerprint density at radius 1 is 1.13 bits per heavy atom. The molecule has 162 valence electrons. The Morgan fingerprint density at radius 3 is 2.65 bits per heavy atom. The molecule has 1 aliphatic heterocycles. The summed E-state index contributed by atoms with van der Waals surface area (Å²) in [6, 6.07) is 17.9. The van der Waals surface area contributed by atoms with Crippen LogP contribution in [0.5, 0.6) is 0 Å². The Balaban J connectivity index is 1.82. The van der Waals surface area contributed by atoms with Gasteiger partial charge in [-0.2, -0.15) is 0 Å². The van der Waals surface area contributed by atoms with Crippen molar-refractivity contribution in [1.29, 1.82) is 0 Å². The lowest BCUT2D eigenvalue weighted by Crippen LogP contribution is -2.64. The zero-order valence-corrected chi connectivity index (χ0v) is 18.8. The minimum Gasteiger partial charge on any atom is -0.354 e. The predicted octanol–water partition coefficient (Wildman–Crippen LogP) is 4.79. The minimum absolute atomic E-state index is 0.119. The monoisotopic (exact) mass is 417 g/mol. The SMILES string of the molecule is CCc1cccc(N2C(=O)c3cc4ccccc4n3CC2(C)C(=O)NCCC(C)C)c1. The van der Waals surface area contributed by atoms with Gasteiger partial charge in [0.05, 0.1) is 6.54 Å². The molecule has 5 heteroatoms. The molecule has 1 aliphatic rings. The van der Waals surface area contributed by atoms with Gasteiger partial charge in [-0.25, -0.2) is 0 Å². The smallest absolute Gasteiger partial charge is 0.275 e. The molecule has 0 saturated heterocycles. The number of amides is 2. The van der Waals surface area contributed by atoms with Crippen molar-refractivity contribution in [2.75, 3.05) is 11.4 Å². The molecule has 4 rings (SSSR count). The van der Waals surface area contributed by atoms with Crippen molar-refractivity contribution >= 4 is 28.4 Å². The number of benzene rings is 2. The summed E-state index contributed by atoms with van der Waals surface area (Å²) in [6.07, 6.45) is 1.77. The number of carbonyl (C=O) groups excluding carboxylic acids is 2. The van der Waals surface area contributed by atoms with E-state index in [4.69, 9.17) is 0 Å². The molecule has 2 amide bonds. The van der Waals surface area contributed by atoms with Crippen LogP contribution in [-0.4, -0.2) is 28.5 Å². The van der Waals surface area contributed by atoms with E-state index in [1.54, 1.807) is 4.90 Å². The number of para-hydroxylation sites is 1. The zero-order valence-electron chi connectivity index (χ0n) is 18.8. The van der Waals surface area contributed by atoms with E-state index in [-0.39, 0.29) is 11.8 Å². The Labute approximate surface area is 184 Å². The Bertz CT molecular complexity index is 1130. The largest absolute Gasteiger partial charge is 0.354 e. The molecule has 1 aromatic heterocycles. The van der Waals surface area contributed by atoms with E-state index in [1.807, 2.05) is 60.0 Å². The van der Waals surface area contributed by atoms with Gasteiger partial charge in [0, 0.05) is 23.1 Å². The van der Waals surface area contributed by atoms with Crippen LogP contribution in [0.4, 0.5) is 5.69 Å². The molecule has 31 heavy (non-hydrogen) atoms. The second-order valence-corrected chi connectivity index (χ2v) is 9.05. The first-order valence-electron chi connectivity index (χ1n) is 11.1. The molecule has 1 N–H and O–H groups in total. The molecular formula is C26H31N3O2. The molecular weight excluding hydrogens is 386 g/mol. The highest BCUT2D eigenvalue weighted by molar-refractivity contribution is 6.14. The fourth-order valence-corrected chi connectivity index (χ4v) is 4.43. The van der Waals surface area contributed by atoms with Crippen LogP contribution < -0.4 is 10.2 Å². The van der Waals surface area contributed by atoms with E-state index in [1.165, 1.54) is 0 Å². The van der Waals surface area contributed by atoms with Gasteiger partial charge in [0.2, 0.25) is 5.91 Å². The predicted molar refractivity (Wildman–Crippen MR) is 125 cm³/mol. The van der Waals surface area contributed by atoms with Crippen molar-refractivity contribution in [3.05, 3.63) is 65.9 Å². The summed E-state index contributed by atoms with van der Waals surface area (Å²) in [5, 5.41) is 4.11. The highest BCUT2D eigenvalue weighted by Crippen LogP contribution is 2.36. The standard InChI is InChI=1S/C26H31N3O2/c1-5-19-9-8-11-21(15-19)29-24(30)23-16-20-10-6-7-12-22(20)28(23)17-26(29,4)25(31)27-14-13-18(2)3/h6-12,15-16,18H,5,13-14,17H2,1-4H3,(H,27,31). The first kappa shape index (κ1) is 21.2. The first-order chi connectivity index (χ1) is 14.8. The molecule has 0 radical (unpaired) electrons. The summed E-state index contributed by atoms with van der Waals surface area (Å²) in [4.78, 5) is 29.0. The average Bonchev–Trinajstić information content (AvgIpc) is 3.12. The number of hydrogen-bond acceptors (Lipinski definition) is 2. The van der Waals surface area contributed by atoms with Gasteiger partial charge in [-0.1, -0.05) is 51.1 Å². The molecule has 2 heterocycles. The maximum Gasteiger partial charge on any atom is 0.275 e. The van der Waals surface area contributed by atoms with Gasteiger partial charge >= 0.3 is 0 Å². The molecule has 0 saturated carbocycles. The number of rotatable bonds is 6. The molecule has 0 fully saturated rings. The third-order valence-corrected chi connectivity index (χ3v) is 6.27. The molecule has 0 aliphatic carbocycles. The van der Waals surface area contributed by atoms with Gasteiger partial charge in [0.1, 0.15) is 11.2 Å². The highest BCUT2D eigenvalue weighted by Gasteiger charge is 2.48. The van der Waals surface area contributed by atoms with Gasteiger partial charge in [0.15, 0.2) is 0 Å². The van der Waals surface area contributed by atoms with E-state index >= 15 is 0 Å². The number of fused-ring (bicyclic) bond motifs is 3. The second kappa shape index (κ2) is 8.22. The van der Waals surface area contributed by atoms with Gasteiger partial charge in [0.25, 0.3) is 5.91 Å². The van der Waals surface area contributed by atoms with Crippen molar-refractivity contribution < 1.29 is 9.59 Å². The van der Waals surface area contributed by atoms with Crippen LogP contribution in [0.1, 0.15) is 50.2 Å². The Hall–Kier alpha value is -3.08. The fraction of sp³-hybridized carbons (Fsp3) is 0.385. The minimum atomic E-state index is -1.03. The fourth-order valence-electron chi connectivity index (χ4n) is 4.43. The molecule has 5 nitrogen and oxygen atoms in total. The van der Waals surface area contributed by atoms with Crippen LogP contribution in [0.3, 0.4) is 0 Å². The van der Waals surface area contributed by atoms with Gasteiger partial charge in [-0.15, -0.1) is 0 Å². The number of anilines is 1. The molecule has 1 atom stereocenters. The quantitative estimate of drug-likeness (QED) is 0.627. The van der Waals surface area contributed by atoms with Crippen molar-refractivity contribution in [2.45, 2.75) is 52.6 Å². The lowest BCUT2D eigenvalue weighted by Gasteiger charge is -2.44. The summed E-state index contributed by atoms with van der Waals surface area (Å²) in [5.41, 5.74) is 2.47. The van der Waals surface area contributed by atoms with Crippen LogP contribution in [-0.2, 0) is 17.8 Å². The normalized spacial score (nSPS) is 18.5. The van der Waals surface area contributed by atoms with E-state index < -0.39 is 5.54 Å². The second-order valence-electron chi connectivity index (χ2n) is 9.05. The van der Waals surface area contributed by atoms with Crippen molar-refractivity contribution in [3.8, 4) is 0 Å². The van der Waals surface area contributed by atoms with Crippen LogP contribution in [0, 0.1) is 5.92 Å². The summed E-state index contributed by atoms with van der Waals surface area (Å²) in [6.45, 7) is 9.25. The molecule has 0 spiro atoms. The summed E-state index contributed by atoms with van der Waals surface area (Å²) in [7, 11) is 0. The Kier molecular flexibility index (Phi) is 5.61. The average molecular weight is 418 g/mol. The van der Waals surface area contributed by atoms with Crippen LogP contribution in [0.25, 0.3) is 10.9 Å². The Morgan fingerprint density at radius 2 is 1.90 bits per heavy atom. The zero-order chi connectivity index (χ0) is 22.2. The molecule has 3 aromatic rings. The molecule has 0 bridgehead atoms. The van der Waals surface area contributed by atoms with Gasteiger partial charge in [-0.3, -0.25) is 14.5 Å². The lowest BCUT2D eigenvalue weighted by atomic mass is 9.93. The first-order valence-corrected chi connectivity index (χ1v) is 11.1. The van der Waals surface area contributed by atoms with E-state index in [0.717, 1.165) is 35.0 Å². The van der Waals surface area contributed by atoms with Crippen LogP contribution >= 0.6 is 0 Å². The highest BCUT2D eigenvalue weighted by atomic mass is 16.2. The van der Waals surface area contributed by atoms with Crippen molar-refractivity contribution in [1.82, 2.24) is 9.88 Å². The number of nitrogens with one attached hydrogen (secondary N) is 1. The van der Waals surface area contributed by atoms with E-state index in [9.17, 15) is 9.59 Å². The lowest BCUT2D eigenvalue weighted by molar-refractivity contribution is -0.126. The summed E-state index contributed by atoms with van der Waals surface area (Å²) in [5.74, 6) is 0.238. The number of aromatic nitrogens is 1.